The van der Waals surface area contributed by atoms with E-state index in [1.165, 1.54) is 4.90 Å². The lowest BCUT2D eigenvalue weighted by molar-refractivity contribution is -0.145. The quantitative estimate of drug-likeness (QED) is 0.865. The second kappa shape index (κ2) is 7.00. The van der Waals surface area contributed by atoms with Crippen molar-refractivity contribution in [1.29, 1.82) is 0 Å². The van der Waals surface area contributed by atoms with Crippen LogP contribution in [0.25, 0.3) is 0 Å². The summed E-state index contributed by atoms with van der Waals surface area (Å²) in [5.41, 5.74) is 0.356. The number of carboxylic acids is 1. The number of piperidine rings is 1. The monoisotopic (exact) mass is 348 g/mol. The van der Waals surface area contributed by atoms with Crippen LogP contribution in [0.15, 0.2) is 18.2 Å². The molecule has 8 nitrogen and oxygen atoms in total. The average Bonchev–Trinajstić information content (AvgIpc) is 3.09. The summed E-state index contributed by atoms with van der Waals surface area (Å²) in [5, 5.41) is 9.01. The average molecular weight is 348 g/mol. The molecule has 1 N–H and O–H groups in total. The number of fused-ring (bicyclic) bond motifs is 1. The number of likely N-dealkylation sites (N-methyl/N-ethyl adjacent to an activating group) is 1. The van der Waals surface area contributed by atoms with Crippen LogP contribution in [-0.2, 0) is 9.59 Å². The standard InChI is InChI=1S/C17H20N2O6/c1-18(9-14(20)19-7-5-11(6-8-19)17(22)23)16(21)12-3-2-4-13-15(12)25-10-24-13/h2-4,11H,5-10H2,1H3,(H,22,23). The molecule has 0 aromatic heterocycles. The van der Waals surface area contributed by atoms with Gasteiger partial charge in [0, 0.05) is 20.1 Å². The van der Waals surface area contributed by atoms with Crippen molar-refractivity contribution in [2.45, 2.75) is 12.8 Å². The van der Waals surface area contributed by atoms with Crippen molar-refractivity contribution < 1.29 is 29.0 Å². The van der Waals surface area contributed by atoms with E-state index in [2.05, 4.69) is 0 Å². The molecule has 0 spiro atoms. The van der Waals surface area contributed by atoms with Gasteiger partial charge in [0.1, 0.15) is 0 Å². The first-order chi connectivity index (χ1) is 12.0. The molecule has 134 valence electrons. The Morgan fingerprint density at radius 2 is 1.96 bits per heavy atom. The molecule has 0 saturated carbocycles. The Balaban J connectivity index is 1.60. The van der Waals surface area contributed by atoms with Crippen LogP contribution in [0.5, 0.6) is 11.5 Å². The molecule has 1 aromatic carbocycles. The first-order valence-electron chi connectivity index (χ1n) is 8.12. The van der Waals surface area contributed by atoms with Crippen LogP contribution in [-0.4, -0.2) is 66.2 Å². The van der Waals surface area contributed by atoms with Crippen molar-refractivity contribution in [3.8, 4) is 11.5 Å². The topological polar surface area (TPSA) is 96.4 Å². The second-order valence-electron chi connectivity index (χ2n) is 6.19. The van der Waals surface area contributed by atoms with Gasteiger partial charge in [-0.05, 0) is 25.0 Å². The van der Waals surface area contributed by atoms with E-state index in [1.807, 2.05) is 0 Å². The highest BCUT2D eigenvalue weighted by atomic mass is 16.7. The Morgan fingerprint density at radius 3 is 2.64 bits per heavy atom. The largest absolute Gasteiger partial charge is 0.481 e. The molecule has 3 rings (SSSR count). The molecule has 2 aliphatic rings. The highest BCUT2D eigenvalue weighted by Crippen LogP contribution is 2.35. The highest BCUT2D eigenvalue weighted by Gasteiger charge is 2.29. The molecule has 1 fully saturated rings. The molecule has 8 heteroatoms. The lowest BCUT2D eigenvalue weighted by Gasteiger charge is -2.31. The number of hydrogen-bond acceptors (Lipinski definition) is 5. The number of ether oxygens (including phenoxy) is 2. The molecule has 0 bridgehead atoms. The van der Waals surface area contributed by atoms with Crippen molar-refractivity contribution in [3.05, 3.63) is 23.8 Å². The minimum absolute atomic E-state index is 0.0684. The Bertz CT molecular complexity index is 696. The van der Waals surface area contributed by atoms with Crippen LogP contribution in [0.1, 0.15) is 23.2 Å². The fourth-order valence-electron chi connectivity index (χ4n) is 3.05. The Labute approximate surface area is 144 Å². The number of nitrogens with zero attached hydrogens (tertiary/aromatic N) is 2. The molecule has 0 aliphatic carbocycles. The minimum atomic E-state index is -0.820. The second-order valence-corrected chi connectivity index (χ2v) is 6.19. The summed E-state index contributed by atoms with van der Waals surface area (Å²) < 4.78 is 10.6. The van der Waals surface area contributed by atoms with Crippen LogP contribution in [0.3, 0.4) is 0 Å². The fraction of sp³-hybridized carbons (Fsp3) is 0.471. The summed E-state index contributed by atoms with van der Waals surface area (Å²) in [7, 11) is 1.55. The molecule has 1 saturated heterocycles. The zero-order valence-corrected chi connectivity index (χ0v) is 13.9. The maximum Gasteiger partial charge on any atom is 0.306 e. The maximum atomic E-state index is 12.6. The lowest BCUT2D eigenvalue weighted by Crippen LogP contribution is -2.45. The van der Waals surface area contributed by atoms with Gasteiger partial charge in [0.15, 0.2) is 11.5 Å². The van der Waals surface area contributed by atoms with E-state index >= 15 is 0 Å². The third-order valence-corrected chi connectivity index (χ3v) is 4.54. The molecule has 0 radical (unpaired) electrons. The molecular weight excluding hydrogens is 328 g/mol. The number of rotatable bonds is 4. The zero-order valence-electron chi connectivity index (χ0n) is 13.9. The number of aliphatic carboxylic acids is 1. The number of hydrogen-bond donors (Lipinski definition) is 1. The van der Waals surface area contributed by atoms with Crippen molar-refractivity contribution in [2.75, 3.05) is 33.5 Å². The minimum Gasteiger partial charge on any atom is -0.481 e. The van der Waals surface area contributed by atoms with Crippen LogP contribution >= 0.6 is 0 Å². The van der Waals surface area contributed by atoms with Gasteiger partial charge in [0.25, 0.3) is 5.91 Å². The van der Waals surface area contributed by atoms with E-state index in [-0.39, 0.29) is 25.2 Å². The van der Waals surface area contributed by atoms with E-state index in [0.29, 0.717) is 43.0 Å². The predicted octanol–water partition coefficient (Wildman–Crippen LogP) is 0.811. The third kappa shape index (κ3) is 3.52. The van der Waals surface area contributed by atoms with Crippen molar-refractivity contribution >= 4 is 17.8 Å². The third-order valence-electron chi connectivity index (χ3n) is 4.54. The van der Waals surface area contributed by atoms with E-state index in [1.54, 1.807) is 30.1 Å². The number of likely N-dealkylation sites (tertiary alicyclic amines) is 1. The summed E-state index contributed by atoms with van der Waals surface area (Å²) in [5.74, 6) is -0.817. The summed E-state index contributed by atoms with van der Waals surface area (Å²) in [6, 6.07) is 5.05. The van der Waals surface area contributed by atoms with Gasteiger partial charge < -0.3 is 24.4 Å². The molecule has 2 aliphatic heterocycles. The van der Waals surface area contributed by atoms with E-state index in [0.717, 1.165) is 0 Å². The lowest BCUT2D eigenvalue weighted by atomic mass is 9.97. The normalized spacial score (nSPS) is 16.6. The van der Waals surface area contributed by atoms with E-state index in [9.17, 15) is 14.4 Å². The van der Waals surface area contributed by atoms with Crippen molar-refractivity contribution in [1.82, 2.24) is 9.80 Å². The van der Waals surface area contributed by atoms with Gasteiger partial charge in [-0.15, -0.1) is 0 Å². The molecule has 0 atom stereocenters. The predicted molar refractivity (Wildman–Crippen MR) is 86.5 cm³/mol. The number of amides is 2. The molecule has 25 heavy (non-hydrogen) atoms. The molecule has 1 aromatic rings. The van der Waals surface area contributed by atoms with Crippen LogP contribution in [0.2, 0.25) is 0 Å². The molecule has 0 unspecified atom stereocenters. The number of benzene rings is 1. The maximum absolute atomic E-state index is 12.6. The SMILES string of the molecule is CN(CC(=O)N1CCC(C(=O)O)CC1)C(=O)c1cccc2c1OCO2. The highest BCUT2D eigenvalue weighted by molar-refractivity contribution is 5.99. The molecule has 2 heterocycles. The van der Waals surface area contributed by atoms with Gasteiger partial charge in [0.2, 0.25) is 12.7 Å². The molecular formula is C17H20N2O6. The summed E-state index contributed by atoms with van der Waals surface area (Å²) in [6.07, 6.45) is 0.881. The van der Waals surface area contributed by atoms with Gasteiger partial charge in [-0.1, -0.05) is 6.07 Å². The Kier molecular flexibility index (Phi) is 4.78. The zero-order chi connectivity index (χ0) is 18.0. The Hall–Kier alpha value is -2.77. The molecule has 2 amide bonds. The summed E-state index contributed by atoms with van der Waals surface area (Å²) in [6.45, 7) is 0.799. The number of carbonyl (C=O) groups is 3. The Morgan fingerprint density at radius 1 is 1.24 bits per heavy atom. The fourth-order valence-corrected chi connectivity index (χ4v) is 3.05. The number of carbonyl (C=O) groups excluding carboxylic acids is 2. The number of carboxylic acid groups (broad SMARTS) is 1. The van der Waals surface area contributed by atoms with Gasteiger partial charge in [-0.3, -0.25) is 14.4 Å². The van der Waals surface area contributed by atoms with E-state index < -0.39 is 11.9 Å². The number of para-hydroxylation sites is 1. The van der Waals surface area contributed by atoms with Crippen molar-refractivity contribution in [3.63, 3.8) is 0 Å². The van der Waals surface area contributed by atoms with Gasteiger partial charge in [-0.25, -0.2) is 0 Å². The summed E-state index contributed by atoms with van der Waals surface area (Å²) in [4.78, 5) is 38.9. The van der Waals surface area contributed by atoms with Gasteiger partial charge in [0.05, 0.1) is 18.0 Å². The smallest absolute Gasteiger partial charge is 0.306 e. The van der Waals surface area contributed by atoms with Crippen LogP contribution in [0, 0.1) is 5.92 Å². The van der Waals surface area contributed by atoms with E-state index in [4.69, 9.17) is 14.6 Å². The van der Waals surface area contributed by atoms with Gasteiger partial charge >= 0.3 is 5.97 Å². The van der Waals surface area contributed by atoms with Crippen LogP contribution in [0.4, 0.5) is 0 Å². The van der Waals surface area contributed by atoms with Gasteiger partial charge in [-0.2, -0.15) is 0 Å². The first-order valence-corrected chi connectivity index (χ1v) is 8.12. The first kappa shape index (κ1) is 17.1. The van der Waals surface area contributed by atoms with Crippen LogP contribution < -0.4 is 9.47 Å². The van der Waals surface area contributed by atoms with Crippen molar-refractivity contribution in [2.24, 2.45) is 5.92 Å². The summed E-state index contributed by atoms with van der Waals surface area (Å²) >= 11 is 0.